The molecule has 1 spiro atoms. The molecule has 130 valence electrons. The average molecular weight is 325 g/mol. The number of methoxy groups -OCH3 is 1. The lowest BCUT2D eigenvalue weighted by Crippen LogP contribution is -2.53. The molecule has 7 heteroatoms. The van der Waals surface area contributed by atoms with Gasteiger partial charge in [0.05, 0.1) is 13.2 Å². The van der Waals surface area contributed by atoms with Crippen LogP contribution in [0, 0.1) is 5.41 Å². The molecule has 3 amide bonds. The summed E-state index contributed by atoms with van der Waals surface area (Å²) in [4.78, 5) is 38.7. The molecule has 23 heavy (non-hydrogen) atoms. The number of rotatable bonds is 5. The third-order valence-electron chi connectivity index (χ3n) is 4.98. The normalized spacial score (nSPS) is 20.7. The molecule has 2 saturated heterocycles. The van der Waals surface area contributed by atoms with Crippen molar-refractivity contribution in [2.75, 3.05) is 46.4 Å². The molecular weight excluding hydrogens is 298 g/mol. The van der Waals surface area contributed by atoms with Crippen LogP contribution in [0.15, 0.2) is 0 Å². The first-order chi connectivity index (χ1) is 11.0. The van der Waals surface area contributed by atoms with E-state index in [1.165, 1.54) is 6.92 Å². The molecule has 0 aliphatic carbocycles. The summed E-state index contributed by atoms with van der Waals surface area (Å²) in [5.41, 5.74) is 0.131. The molecule has 0 saturated carbocycles. The van der Waals surface area contributed by atoms with Crippen LogP contribution >= 0.6 is 0 Å². The molecule has 0 aromatic carbocycles. The van der Waals surface area contributed by atoms with Crippen molar-refractivity contribution in [1.82, 2.24) is 15.1 Å². The summed E-state index contributed by atoms with van der Waals surface area (Å²) in [7, 11) is 1.64. The van der Waals surface area contributed by atoms with Crippen molar-refractivity contribution in [2.24, 2.45) is 5.41 Å². The number of amides is 3. The zero-order valence-corrected chi connectivity index (χ0v) is 14.1. The van der Waals surface area contributed by atoms with Crippen LogP contribution in [-0.2, 0) is 19.1 Å². The molecule has 0 bridgehead atoms. The number of likely N-dealkylation sites (tertiary alicyclic amines) is 2. The lowest BCUT2D eigenvalue weighted by atomic mass is 9.72. The second-order valence-corrected chi connectivity index (χ2v) is 6.60. The van der Waals surface area contributed by atoms with E-state index in [1.54, 1.807) is 7.11 Å². The Labute approximate surface area is 137 Å². The third-order valence-corrected chi connectivity index (χ3v) is 4.98. The topological polar surface area (TPSA) is 79.0 Å². The van der Waals surface area contributed by atoms with E-state index in [0.29, 0.717) is 32.7 Å². The molecule has 0 atom stereocenters. The molecule has 2 heterocycles. The van der Waals surface area contributed by atoms with Crippen molar-refractivity contribution < 1.29 is 19.1 Å². The highest BCUT2D eigenvalue weighted by atomic mass is 16.5. The van der Waals surface area contributed by atoms with Gasteiger partial charge in [0.2, 0.25) is 17.7 Å². The lowest BCUT2D eigenvalue weighted by molar-refractivity contribution is -0.143. The fourth-order valence-corrected chi connectivity index (χ4v) is 3.46. The third kappa shape index (κ3) is 4.67. The second kappa shape index (κ2) is 7.77. The average Bonchev–Trinajstić information content (AvgIpc) is 2.54. The summed E-state index contributed by atoms with van der Waals surface area (Å²) >= 11 is 0. The van der Waals surface area contributed by atoms with Crippen LogP contribution in [0.5, 0.6) is 0 Å². The highest BCUT2D eigenvalue weighted by molar-refractivity contribution is 5.83. The van der Waals surface area contributed by atoms with Gasteiger partial charge in [-0.1, -0.05) is 0 Å². The molecular formula is C16H27N3O4. The van der Waals surface area contributed by atoms with Gasteiger partial charge in [-0.05, 0) is 24.7 Å². The van der Waals surface area contributed by atoms with Crippen molar-refractivity contribution in [3.8, 4) is 0 Å². The molecule has 2 aliphatic heterocycles. The SMILES string of the molecule is COCCN1CC2(CCC1=O)CCN(C(=O)CNC(C)=O)CC2. The van der Waals surface area contributed by atoms with E-state index in [2.05, 4.69) is 5.32 Å². The number of nitrogens with one attached hydrogen (secondary N) is 1. The van der Waals surface area contributed by atoms with E-state index in [1.807, 2.05) is 9.80 Å². The smallest absolute Gasteiger partial charge is 0.241 e. The second-order valence-electron chi connectivity index (χ2n) is 6.60. The van der Waals surface area contributed by atoms with Gasteiger partial charge in [0.25, 0.3) is 0 Å². The number of carbonyl (C=O) groups excluding carboxylic acids is 3. The molecule has 1 N–H and O–H groups in total. The van der Waals surface area contributed by atoms with Gasteiger partial charge in [-0.3, -0.25) is 14.4 Å². The highest BCUT2D eigenvalue weighted by Crippen LogP contribution is 2.40. The Morgan fingerprint density at radius 3 is 2.57 bits per heavy atom. The maximum atomic E-state index is 12.1. The Kier molecular flexibility index (Phi) is 5.98. The van der Waals surface area contributed by atoms with Crippen LogP contribution in [0.3, 0.4) is 0 Å². The summed E-state index contributed by atoms with van der Waals surface area (Å²) in [6.45, 7) is 4.84. The zero-order chi connectivity index (χ0) is 16.9. The largest absolute Gasteiger partial charge is 0.383 e. The summed E-state index contributed by atoms with van der Waals surface area (Å²) in [5.74, 6) is -0.0126. The Morgan fingerprint density at radius 1 is 1.26 bits per heavy atom. The summed E-state index contributed by atoms with van der Waals surface area (Å²) < 4.78 is 5.08. The molecule has 7 nitrogen and oxygen atoms in total. The minimum absolute atomic E-state index is 0.0295. The zero-order valence-electron chi connectivity index (χ0n) is 14.1. The van der Waals surface area contributed by atoms with Gasteiger partial charge in [-0.2, -0.15) is 0 Å². The van der Waals surface area contributed by atoms with E-state index >= 15 is 0 Å². The van der Waals surface area contributed by atoms with Gasteiger partial charge in [-0.25, -0.2) is 0 Å². The van der Waals surface area contributed by atoms with Crippen molar-refractivity contribution in [3.63, 3.8) is 0 Å². The molecule has 2 rings (SSSR count). The van der Waals surface area contributed by atoms with Crippen LogP contribution in [-0.4, -0.2) is 74.0 Å². The number of piperidine rings is 2. The van der Waals surface area contributed by atoms with E-state index < -0.39 is 0 Å². The van der Waals surface area contributed by atoms with E-state index in [-0.39, 0.29) is 29.7 Å². The number of ether oxygens (including phenoxy) is 1. The maximum Gasteiger partial charge on any atom is 0.241 e. The number of hydrogen-bond acceptors (Lipinski definition) is 4. The Hall–Kier alpha value is -1.63. The van der Waals surface area contributed by atoms with Gasteiger partial charge in [0.1, 0.15) is 0 Å². The van der Waals surface area contributed by atoms with Crippen molar-refractivity contribution in [1.29, 1.82) is 0 Å². The molecule has 2 fully saturated rings. The first-order valence-corrected chi connectivity index (χ1v) is 8.25. The van der Waals surface area contributed by atoms with Crippen molar-refractivity contribution >= 4 is 17.7 Å². The molecule has 0 aromatic rings. The fraction of sp³-hybridized carbons (Fsp3) is 0.812. The first kappa shape index (κ1) is 17.7. The summed E-state index contributed by atoms with van der Waals surface area (Å²) in [6.07, 6.45) is 3.32. The molecule has 0 unspecified atom stereocenters. The summed E-state index contributed by atoms with van der Waals surface area (Å²) in [6, 6.07) is 0. The predicted molar refractivity (Wildman–Crippen MR) is 84.6 cm³/mol. The van der Waals surface area contributed by atoms with Crippen LogP contribution in [0.4, 0.5) is 0 Å². The van der Waals surface area contributed by atoms with E-state index in [4.69, 9.17) is 4.74 Å². The summed E-state index contributed by atoms with van der Waals surface area (Å²) in [5, 5.41) is 2.55. The standard InChI is InChI=1S/C16H27N3O4/c1-13(20)17-11-15(22)18-7-5-16(6-8-18)4-3-14(21)19(12-16)9-10-23-2/h3-12H2,1-2H3,(H,17,20). The van der Waals surface area contributed by atoms with Gasteiger partial charge >= 0.3 is 0 Å². The van der Waals surface area contributed by atoms with Crippen LogP contribution < -0.4 is 5.32 Å². The van der Waals surface area contributed by atoms with Gasteiger partial charge in [0.15, 0.2) is 0 Å². The van der Waals surface area contributed by atoms with Crippen LogP contribution in [0.2, 0.25) is 0 Å². The van der Waals surface area contributed by atoms with Gasteiger partial charge in [-0.15, -0.1) is 0 Å². The Balaban J connectivity index is 1.85. The maximum absolute atomic E-state index is 12.1. The van der Waals surface area contributed by atoms with E-state index in [0.717, 1.165) is 25.8 Å². The van der Waals surface area contributed by atoms with Gasteiger partial charge in [0, 0.05) is 46.6 Å². The van der Waals surface area contributed by atoms with Gasteiger partial charge < -0.3 is 19.9 Å². The first-order valence-electron chi connectivity index (χ1n) is 8.25. The predicted octanol–water partition coefficient (Wildman–Crippen LogP) is 0.000100. The number of hydrogen-bond donors (Lipinski definition) is 1. The molecule has 0 aromatic heterocycles. The quantitative estimate of drug-likeness (QED) is 0.772. The number of nitrogens with zero attached hydrogens (tertiary/aromatic N) is 2. The minimum atomic E-state index is -0.189. The van der Waals surface area contributed by atoms with Crippen LogP contribution in [0.25, 0.3) is 0 Å². The Bertz CT molecular complexity index is 458. The number of carbonyl (C=O) groups is 3. The fourth-order valence-electron chi connectivity index (χ4n) is 3.46. The van der Waals surface area contributed by atoms with Crippen LogP contribution in [0.1, 0.15) is 32.6 Å². The Morgan fingerprint density at radius 2 is 1.96 bits per heavy atom. The lowest BCUT2D eigenvalue weighted by Gasteiger charge is -2.47. The molecule has 0 radical (unpaired) electrons. The van der Waals surface area contributed by atoms with Crippen molar-refractivity contribution in [3.05, 3.63) is 0 Å². The van der Waals surface area contributed by atoms with Crippen molar-refractivity contribution in [2.45, 2.75) is 32.6 Å². The minimum Gasteiger partial charge on any atom is -0.383 e. The molecule has 2 aliphatic rings. The highest BCUT2D eigenvalue weighted by Gasteiger charge is 2.41. The van der Waals surface area contributed by atoms with E-state index in [9.17, 15) is 14.4 Å². The monoisotopic (exact) mass is 325 g/mol.